The van der Waals surface area contributed by atoms with Gasteiger partial charge >= 0.3 is 0 Å². The standard InChI is InChI=1S/C16H25N5O.2ClH/c1-20-7-9-21(10-8-20)15-11-13(4-6-18-15)16(22)19-12-14-3-2-5-17-14;;/h4,6,11,14,17H,2-3,5,7-10,12H2,1H3,(H,19,22);2*1H. The molecule has 0 bridgehead atoms. The Hall–Kier alpha value is -1.08. The Balaban J connectivity index is 0.00000144. The summed E-state index contributed by atoms with van der Waals surface area (Å²) < 4.78 is 0. The Bertz CT molecular complexity index is 517. The van der Waals surface area contributed by atoms with E-state index in [9.17, 15) is 4.79 Å². The van der Waals surface area contributed by atoms with Crippen LogP contribution in [0.1, 0.15) is 23.2 Å². The van der Waals surface area contributed by atoms with Crippen molar-refractivity contribution < 1.29 is 4.79 Å². The monoisotopic (exact) mass is 375 g/mol. The average Bonchev–Trinajstić information content (AvgIpc) is 3.07. The minimum Gasteiger partial charge on any atom is -0.354 e. The number of aromatic nitrogens is 1. The number of anilines is 1. The lowest BCUT2D eigenvalue weighted by Crippen LogP contribution is -2.45. The number of nitrogens with zero attached hydrogens (tertiary/aromatic N) is 3. The van der Waals surface area contributed by atoms with E-state index in [4.69, 9.17) is 0 Å². The number of nitrogens with one attached hydrogen (secondary N) is 2. The summed E-state index contributed by atoms with van der Waals surface area (Å²) >= 11 is 0. The molecule has 6 nitrogen and oxygen atoms in total. The van der Waals surface area contributed by atoms with Crippen LogP contribution in [0.15, 0.2) is 18.3 Å². The first-order chi connectivity index (χ1) is 10.7. The van der Waals surface area contributed by atoms with E-state index in [1.54, 1.807) is 12.3 Å². The van der Waals surface area contributed by atoms with Crippen molar-refractivity contribution >= 4 is 36.5 Å². The number of pyridine rings is 1. The minimum absolute atomic E-state index is 0. The molecular weight excluding hydrogens is 349 g/mol. The molecule has 0 aliphatic carbocycles. The maximum atomic E-state index is 12.3. The molecule has 1 unspecified atom stereocenters. The van der Waals surface area contributed by atoms with E-state index < -0.39 is 0 Å². The first kappa shape index (κ1) is 21.0. The smallest absolute Gasteiger partial charge is 0.251 e. The number of hydrogen-bond acceptors (Lipinski definition) is 5. The molecule has 2 aliphatic rings. The zero-order valence-corrected chi connectivity index (χ0v) is 15.7. The van der Waals surface area contributed by atoms with E-state index in [-0.39, 0.29) is 30.7 Å². The molecule has 8 heteroatoms. The van der Waals surface area contributed by atoms with Gasteiger partial charge in [0.05, 0.1) is 0 Å². The van der Waals surface area contributed by atoms with Crippen LogP contribution in [-0.2, 0) is 0 Å². The number of piperazine rings is 1. The van der Waals surface area contributed by atoms with Crippen molar-refractivity contribution in [3.05, 3.63) is 23.9 Å². The molecule has 1 amide bonds. The van der Waals surface area contributed by atoms with Gasteiger partial charge in [0.2, 0.25) is 0 Å². The summed E-state index contributed by atoms with van der Waals surface area (Å²) in [6, 6.07) is 4.11. The van der Waals surface area contributed by atoms with Gasteiger partial charge in [-0.15, -0.1) is 24.8 Å². The Morgan fingerprint density at radius 3 is 2.75 bits per heavy atom. The van der Waals surface area contributed by atoms with Gasteiger partial charge in [0, 0.05) is 50.5 Å². The molecule has 2 fully saturated rings. The molecule has 3 rings (SSSR count). The number of likely N-dealkylation sites (N-methyl/N-ethyl adjacent to an activating group) is 1. The number of carbonyl (C=O) groups is 1. The molecule has 24 heavy (non-hydrogen) atoms. The van der Waals surface area contributed by atoms with E-state index >= 15 is 0 Å². The lowest BCUT2D eigenvalue weighted by molar-refractivity contribution is 0.0950. The van der Waals surface area contributed by atoms with Gasteiger partial charge in [0.15, 0.2) is 0 Å². The Labute approximate surface area is 156 Å². The molecule has 1 aromatic rings. The second kappa shape index (κ2) is 10.0. The van der Waals surface area contributed by atoms with Gasteiger partial charge in [-0.05, 0) is 38.6 Å². The highest BCUT2D eigenvalue weighted by molar-refractivity contribution is 5.94. The molecule has 0 saturated carbocycles. The fourth-order valence-electron chi connectivity index (χ4n) is 3.02. The zero-order chi connectivity index (χ0) is 15.4. The van der Waals surface area contributed by atoms with E-state index in [2.05, 4.69) is 32.5 Å². The first-order valence-electron chi connectivity index (χ1n) is 8.13. The molecule has 1 atom stereocenters. The topological polar surface area (TPSA) is 60.5 Å². The third-order valence-corrected chi connectivity index (χ3v) is 4.51. The maximum absolute atomic E-state index is 12.3. The molecule has 136 valence electrons. The predicted octanol–water partition coefficient (Wildman–Crippen LogP) is 1.16. The fourth-order valence-corrected chi connectivity index (χ4v) is 3.02. The van der Waals surface area contributed by atoms with Crippen LogP contribution in [0.2, 0.25) is 0 Å². The first-order valence-corrected chi connectivity index (χ1v) is 8.13. The number of halogens is 2. The highest BCUT2D eigenvalue weighted by atomic mass is 35.5. The Morgan fingerprint density at radius 1 is 1.33 bits per heavy atom. The third-order valence-electron chi connectivity index (χ3n) is 4.51. The lowest BCUT2D eigenvalue weighted by Gasteiger charge is -2.33. The van der Waals surface area contributed by atoms with Crippen molar-refractivity contribution in [2.75, 3.05) is 51.2 Å². The van der Waals surface area contributed by atoms with Crippen molar-refractivity contribution in [1.29, 1.82) is 0 Å². The fraction of sp³-hybridized carbons (Fsp3) is 0.625. The van der Waals surface area contributed by atoms with Gasteiger partial charge in [-0.2, -0.15) is 0 Å². The summed E-state index contributed by atoms with van der Waals surface area (Å²) in [5, 5.41) is 6.41. The summed E-state index contributed by atoms with van der Waals surface area (Å²) in [5.74, 6) is 0.895. The van der Waals surface area contributed by atoms with Crippen LogP contribution in [-0.4, -0.2) is 68.1 Å². The highest BCUT2D eigenvalue weighted by Gasteiger charge is 2.18. The van der Waals surface area contributed by atoms with Crippen LogP contribution < -0.4 is 15.5 Å². The molecule has 3 heterocycles. The van der Waals surface area contributed by atoms with Crippen LogP contribution >= 0.6 is 24.8 Å². The number of amides is 1. The van der Waals surface area contributed by atoms with E-state index in [1.807, 2.05) is 6.07 Å². The Kier molecular flexibility index (Phi) is 8.76. The maximum Gasteiger partial charge on any atom is 0.251 e. The van der Waals surface area contributed by atoms with Gasteiger partial charge in [0.25, 0.3) is 5.91 Å². The van der Waals surface area contributed by atoms with Crippen molar-refractivity contribution in [1.82, 2.24) is 20.5 Å². The Morgan fingerprint density at radius 2 is 2.08 bits per heavy atom. The molecule has 0 spiro atoms. The van der Waals surface area contributed by atoms with Crippen LogP contribution in [0.25, 0.3) is 0 Å². The molecule has 2 aliphatic heterocycles. The van der Waals surface area contributed by atoms with E-state index in [0.29, 0.717) is 18.2 Å². The summed E-state index contributed by atoms with van der Waals surface area (Å²) in [5.41, 5.74) is 0.696. The lowest BCUT2D eigenvalue weighted by atomic mass is 10.2. The number of rotatable bonds is 4. The molecule has 0 radical (unpaired) electrons. The highest BCUT2D eigenvalue weighted by Crippen LogP contribution is 2.15. The second-order valence-corrected chi connectivity index (χ2v) is 6.20. The van der Waals surface area contributed by atoms with Gasteiger partial charge < -0.3 is 20.4 Å². The minimum atomic E-state index is -0.00789. The van der Waals surface area contributed by atoms with Crippen molar-refractivity contribution in [2.24, 2.45) is 0 Å². The summed E-state index contributed by atoms with van der Waals surface area (Å²) in [4.78, 5) is 21.3. The van der Waals surface area contributed by atoms with Crippen LogP contribution in [0.5, 0.6) is 0 Å². The molecule has 1 aromatic heterocycles. The van der Waals surface area contributed by atoms with Crippen LogP contribution in [0.4, 0.5) is 5.82 Å². The van der Waals surface area contributed by atoms with Gasteiger partial charge in [0.1, 0.15) is 5.82 Å². The average molecular weight is 376 g/mol. The summed E-state index contributed by atoms with van der Waals surface area (Å²) in [6.45, 7) is 5.74. The molecule has 2 saturated heterocycles. The van der Waals surface area contributed by atoms with Crippen LogP contribution in [0.3, 0.4) is 0 Å². The molecule has 2 N–H and O–H groups in total. The third kappa shape index (κ3) is 5.48. The SMILES string of the molecule is CN1CCN(c2cc(C(=O)NCC3CCCN3)ccn2)CC1.Cl.Cl. The summed E-state index contributed by atoms with van der Waals surface area (Å²) in [6.07, 6.45) is 4.07. The van der Waals surface area contributed by atoms with Crippen LogP contribution in [0, 0.1) is 0 Å². The quantitative estimate of drug-likeness (QED) is 0.826. The van der Waals surface area contributed by atoms with Gasteiger partial charge in [-0.3, -0.25) is 4.79 Å². The molecule has 0 aromatic carbocycles. The number of carbonyl (C=O) groups excluding carboxylic acids is 1. The summed E-state index contributed by atoms with van der Waals surface area (Å²) in [7, 11) is 2.13. The van der Waals surface area contributed by atoms with Gasteiger partial charge in [-0.1, -0.05) is 0 Å². The van der Waals surface area contributed by atoms with E-state index in [0.717, 1.165) is 45.0 Å². The van der Waals surface area contributed by atoms with Crippen molar-refractivity contribution in [3.8, 4) is 0 Å². The normalized spacial score (nSPS) is 20.9. The predicted molar refractivity (Wildman–Crippen MR) is 102 cm³/mol. The number of hydrogen-bond donors (Lipinski definition) is 2. The van der Waals surface area contributed by atoms with E-state index in [1.165, 1.54) is 6.42 Å². The zero-order valence-electron chi connectivity index (χ0n) is 14.0. The molecular formula is C16H27Cl2N5O. The largest absolute Gasteiger partial charge is 0.354 e. The van der Waals surface area contributed by atoms with Gasteiger partial charge in [-0.25, -0.2) is 4.98 Å². The second-order valence-electron chi connectivity index (χ2n) is 6.20. The van der Waals surface area contributed by atoms with Crippen molar-refractivity contribution in [2.45, 2.75) is 18.9 Å². The van der Waals surface area contributed by atoms with Crippen molar-refractivity contribution in [3.63, 3.8) is 0 Å².